The van der Waals surface area contributed by atoms with E-state index in [0.29, 0.717) is 10.8 Å². The van der Waals surface area contributed by atoms with Gasteiger partial charge in [0.15, 0.2) is 0 Å². The zero-order valence-corrected chi connectivity index (χ0v) is 12.8. The molecule has 3 nitrogen and oxygen atoms in total. The molecule has 0 radical (unpaired) electrons. The molecule has 0 bridgehead atoms. The second-order valence-corrected chi connectivity index (χ2v) is 5.12. The van der Waals surface area contributed by atoms with Crippen molar-refractivity contribution in [2.45, 2.75) is 26.3 Å². The van der Waals surface area contributed by atoms with Crippen molar-refractivity contribution in [3.05, 3.63) is 52.4 Å². The molecule has 0 aliphatic carbocycles. The Morgan fingerprint density at radius 3 is 2.75 bits per heavy atom. The summed E-state index contributed by atoms with van der Waals surface area (Å²) >= 11 is 6.10. The molecule has 108 valence electrons. The van der Waals surface area contributed by atoms with Crippen molar-refractivity contribution >= 4 is 11.6 Å². The Labute approximate surface area is 124 Å². The van der Waals surface area contributed by atoms with E-state index in [2.05, 4.69) is 12.2 Å². The highest BCUT2D eigenvalue weighted by atomic mass is 35.5. The Hall–Kier alpha value is -1.45. The second kappa shape index (κ2) is 6.82. The van der Waals surface area contributed by atoms with Crippen molar-refractivity contribution in [1.29, 1.82) is 0 Å². The molecule has 1 aromatic heterocycles. The molecule has 0 aliphatic rings. The maximum atomic E-state index is 6.10. The number of ether oxygens (including phenoxy) is 1. The summed E-state index contributed by atoms with van der Waals surface area (Å²) in [5, 5.41) is 4.16. The molecule has 1 aromatic carbocycles. The first-order valence-electron chi connectivity index (χ1n) is 6.78. The highest BCUT2D eigenvalue weighted by Gasteiger charge is 2.18. The van der Waals surface area contributed by atoms with Gasteiger partial charge in [-0.1, -0.05) is 24.6 Å². The molecule has 0 amide bonds. The zero-order valence-electron chi connectivity index (χ0n) is 12.1. The average molecular weight is 294 g/mol. The van der Waals surface area contributed by atoms with E-state index < -0.39 is 0 Å². The van der Waals surface area contributed by atoms with Gasteiger partial charge < -0.3 is 14.5 Å². The van der Waals surface area contributed by atoms with E-state index in [1.54, 1.807) is 13.4 Å². The largest absolute Gasteiger partial charge is 0.495 e. The van der Waals surface area contributed by atoms with Gasteiger partial charge in [0.25, 0.3) is 0 Å². The quantitative estimate of drug-likeness (QED) is 0.860. The van der Waals surface area contributed by atoms with Gasteiger partial charge in [-0.2, -0.15) is 0 Å². The van der Waals surface area contributed by atoms with Crippen molar-refractivity contribution in [3.8, 4) is 5.75 Å². The van der Waals surface area contributed by atoms with E-state index in [-0.39, 0.29) is 6.04 Å². The predicted octanol–water partition coefficient (Wildman–Crippen LogP) is 4.34. The molecule has 0 fully saturated rings. The van der Waals surface area contributed by atoms with Crippen molar-refractivity contribution in [1.82, 2.24) is 5.32 Å². The summed E-state index contributed by atoms with van der Waals surface area (Å²) in [7, 11) is 1.63. The van der Waals surface area contributed by atoms with Crippen molar-refractivity contribution in [2.24, 2.45) is 0 Å². The Morgan fingerprint density at radius 2 is 2.15 bits per heavy atom. The Balaban J connectivity index is 2.38. The monoisotopic (exact) mass is 293 g/mol. The van der Waals surface area contributed by atoms with Gasteiger partial charge in [-0.25, -0.2) is 0 Å². The highest BCUT2D eigenvalue weighted by molar-refractivity contribution is 6.32. The summed E-state index contributed by atoms with van der Waals surface area (Å²) in [6.07, 6.45) is 2.79. The number of nitrogens with one attached hydrogen (secondary N) is 1. The van der Waals surface area contributed by atoms with Gasteiger partial charge in [0.1, 0.15) is 11.5 Å². The smallest absolute Gasteiger partial charge is 0.137 e. The molecule has 20 heavy (non-hydrogen) atoms. The third kappa shape index (κ3) is 3.17. The van der Waals surface area contributed by atoms with Gasteiger partial charge in [0, 0.05) is 5.56 Å². The predicted molar refractivity (Wildman–Crippen MR) is 81.6 cm³/mol. The summed E-state index contributed by atoms with van der Waals surface area (Å²) in [6, 6.07) is 7.95. The molecule has 1 atom stereocenters. The number of halogens is 1. The third-order valence-electron chi connectivity index (χ3n) is 3.32. The first-order chi connectivity index (χ1) is 9.67. The van der Waals surface area contributed by atoms with Gasteiger partial charge in [0.05, 0.1) is 24.4 Å². The molecule has 2 rings (SSSR count). The summed E-state index contributed by atoms with van der Waals surface area (Å²) < 4.78 is 10.7. The fourth-order valence-corrected chi connectivity index (χ4v) is 2.44. The molecule has 0 saturated heterocycles. The van der Waals surface area contributed by atoms with E-state index in [1.807, 2.05) is 31.2 Å². The molecule has 2 aromatic rings. The molecular weight excluding hydrogens is 274 g/mol. The lowest BCUT2D eigenvalue weighted by Gasteiger charge is -2.19. The van der Waals surface area contributed by atoms with E-state index in [1.165, 1.54) is 0 Å². The standard InChI is InChI=1S/C16H20ClNO2/c1-4-8-18-16(13-7-9-20-11(13)2)12-5-6-14(17)15(10-12)19-3/h5-7,9-10,16,18H,4,8H2,1-3H3. The summed E-state index contributed by atoms with van der Waals surface area (Å²) in [5.74, 6) is 1.61. The number of rotatable bonds is 6. The first-order valence-corrected chi connectivity index (χ1v) is 7.16. The Morgan fingerprint density at radius 1 is 1.35 bits per heavy atom. The second-order valence-electron chi connectivity index (χ2n) is 4.71. The number of hydrogen-bond acceptors (Lipinski definition) is 3. The van der Waals surface area contributed by atoms with Gasteiger partial charge in [-0.05, 0) is 43.7 Å². The molecule has 0 spiro atoms. The maximum absolute atomic E-state index is 6.10. The lowest BCUT2D eigenvalue weighted by molar-refractivity contribution is 0.413. The normalized spacial score (nSPS) is 12.4. The lowest BCUT2D eigenvalue weighted by Crippen LogP contribution is -2.23. The molecule has 1 N–H and O–H groups in total. The van der Waals surface area contributed by atoms with Crippen LogP contribution >= 0.6 is 11.6 Å². The van der Waals surface area contributed by atoms with Crippen LogP contribution in [0.4, 0.5) is 0 Å². The van der Waals surface area contributed by atoms with Crippen molar-refractivity contribution in [2.75, 3.05) is 13.7 Å². The number of methoxy groups -OCH3 is 1. The first kappa shape index (κ1) is 14.9. The molecular formula is C16H20ClNO2. The van der Waals surface area contributed by atoms with Crippen LogP contribution in [0, 0.1) is 6.92 Å². The molecule has 1 heterocycles. The molecule has 1 unspecified atom stereocenters. The van der Waals surface area contributed by atoms with Crippen LogP contribution in [0.3, 0.4) is 0 Å². The Bertz CT molecular complexity index is 565. The van der Waals surface area contributed by atoms with Crippen LogP contribution in [0.1, 0.15) is 36.3 Å². The average Bonchev–Trinajstić information content (AvgIpc) is 2.87. The molecule has 4 heteroatoms. The minimum Gasteiger partial charge on any atom is -0.495 e. The maximum Gasteiger partial charge on any atom is 0.137 e. The zero-order chi connectivity index (χ0) is 14.5. The van der Waals surface area contributed by atoms with Crippen molar-refractivity contribution < 1.29 is 9.15 Å². The van der Waals surface area contributed by atoms with Crippen LogP contribution in [0.15, 0.2) is 34.9 Å². The topological polar surface area (TPSA) is 34.4 Å². The van der Waals surface area contributed by atoms with Crippen LogP contribution in [-0.2, 0) is 0 Å². The highest BCUT2D eigenvalue weighted by Crippen LogP contribution is 2.31. The van der Waals surface area contributed by atoms with Gasteiger partial charge >= 0.3 is 0 Å². The summed E-state index contributed by atoms with van der Waals surface area (Å²) in [6.45, 7) is 5.05. The van der Waals surface area contributed by atoms with Gasteiger partial charge in [-0.3, -0.25) is 0 Å². The Kier molecular flexibility index (Phi) is 5.10. The van der Waals surface area contributed by atoms with Crippen molar-refractivity contribution in [3.63, 3.8) is 0 Å². The van der Waals surface area contributed by atoms with Gasteiger partial charge in [-0.15, -0.1) is 0 Å². The molecule has 0 aliphatic heterocycles. The van der Waals surface area contributed by atoms with Crippen LogP contribution in [0.5, 0.6) is 5.75 Å². The van der Waals surface area contributed by atoms with E-state index in [4.69, 9.17) is 20.8 Å². The molecule has 0 saturated carbocycles. The minimum atomic E-state index is 0.0832. The number of furan rings is 1. The number of benzene rings is 1. The van der Waals surface area contributed by atoms with E-state index in [9.17, 15) is 0 Å². The third-order valence-corrected chi connectivity index (χ3v) is 3.63. The SMILES string of the molecule is CCCNC(c1ccc(Cl)c(OC)c1)c1ccoc1C. The fraction of sp³-hybridized carbons (Fsp3) is 0.375. The number of hydrogen-bond donors (Lipinski definition) is 1. The summed E-state index contributed by atoms with van der Waals surface area (Å²) in [5.41, 5.74) is 2.26. The van der Waals surface area contributed by atoms with Crippen LogP contribution in [-0.4, -0.2) is 13.7 Å². The van der Waals surface area contributed by atoms with Crippen LogP contribution < -0.4 is 10.1 Å². The minimum absolute atomic E-state index is 0.0832. The van der Waals surface area contributed by atoms with E-state index in [0.717, 1.165) is 29.9 Å². The van der Waals surface area contributed by atoms with Gasteiger partial charge in [0.2, 0.25) is 0 Å². The van der Waals surface area contributed by atoms with Crippen LogP contribution in [0.2, 0.25) is 5.02 Å². The summed E-state index contributed by atoms with van der Waals surface area (Å²) in [4.78, 5) is 0. The number of aryl methyl sites for hydroxylation is 1. The lowest BCUT2D eigenvalue weighted by atomic mass is 9.99. The van der Waals surface area contributed by atoms with Crippen LogP contribution in [0.25, 0.3) is 0 Å². The van der Waals surface area contributed by atoms with E-state index >= 15 is 0 Å². The fourth-order valence-electron chi connectivity index (χ4n) is 2.25.